The lowest BCUT2D eigenvalue weighted by atomic mass is 10.1. The number of hydrogen-bond donors (Lipinski definition) is 2. The molecule has 19 heavy (non-hydrogen) atoms. The van der Waals surface area contributed by atoms with Gasteiger partial charge in [0.25, 0.3) is 0 Å². The van der Waals surface area contributed by atoms with Gasteiger partial charge in [-0.25, -0.2) is 0 Å². The molecule has 1 aromatic carbocycles. The van der Waals surface area contributed by atoms with Gasteiger partial charge in [-0.3, -0.25) is 4.79 Å². The minimum atomic E-state index is -0.495. The van der Waals surface area contributed by atoms with Crippen molar-refractivity contribution in [2.45, 2.75) is 39.3 Å². The van der Waals surface area contributed by atoms with Crippen molar-refractivity contribution < 1.29 is 9.90 Å². The van der Waals surface area contributed by atoms with Crippen molar-refractivity contribution in [1.29, 1.82) is 0 Å². The SMILES string of the molecule is Cc1ccc(N2C(=O)C(CO)NCCC2C)c(C)c1. The summed E-state index contributed by atoms with van der Waals surface area (Å²) < 4.78 is 0. The molecule has 0 aromatic heterocycles. The van der Waals surface area contributed by atoms with E-state index in [1.165, 1.54) is 5.56 Å². The lowest BCUT2D eigenvalue weighted by molar-refractivity contribution is -0.121. The first-order valence-corrected chi connectivity index (χ1v) is 6.79. The molecule has 0 spiro atoms. The zero-order valence-corrected chi connectivity index (χ0v) is 11.8. The quantitative estimate of drug-likeness (QED) is 0.846. The third-order valence-corrected chi connectivity index (χ3v) is 3.72. The number of aliphatic hydroxyl groups is 1. The molecule has 1 saturated heterocycles. The molecule has 0 radical (unpaired) electrons. The zero-order chi connectivity index (χ0) is 14.0. The van der Waals surface area contributed by atoms with E-state index in [4.69, 9.17) is 0 Å². The van der Waals surface area contributed by atoms with Crippen LogP contribution in [-0.4, -0.2) is 36.2 Å². The first kappa shape index (κ1) is 14.0. The van der Waals surface area contributed by atoms with Crippen LogP contribution in [0.1, 0.15) is 24.5 Å². The number of anilines is 1. The van der Waals surface area contributed by atoms with Crippen molar-refractivity contribution in [1.82, 2.24) is 5.32 Å². The zero-order valence-electron chi connectivity index (χ0n) is 11.8. The monoisotopic (exact) mass is 262 g/mol. The normalized spacial score (nSPS) is 24.4. The van der Waals surface area contributed by atoms with Crippen molar-refractivity contribution in [2.75, 3.05) is 18.1 Å². The molecule has 104 valence electrons. The Bertz CT molecular complexity index is 473. The van der Waals surface area contributed by atoms with Gasteiger partial charge in [-0.1, -0.05) is 17.7 Å². The Morgan fingerprint density at radius 1 is 1.42 bits per heavy atom. The number of nitrogens with one attached hydrogen (secondary N) is 1. The van der Waals surface area contributed by atoms with E-state index in [0.717, 1.165) is 24.2 Å². The van der Waals surface area contributed by atoms with Crippen LogP contribution in [0, 0.1) is 13.8 Å². The number of aliphatic hydroxyl groups excluding tert-OH is 1. The lowest BCUT2D eigenvalue weighted by Crippen LogP contribution is -2.48. The number of hydrogen-bond acceptors (Lipinski definition) is 3. The standard InChI is InChI=1S/C15H22N2O2/c1-10-4-5-14(11(2)8-10)17-12(3)6-7-16-13(9-18)15(17)19/h4-5,8,12-13,16,18H,6-7,9H2,1-3H3. The summed E-state index contributed by atoms with van der Waals surface area (Å²) in [4.78, 5) is 14.4. The van der Waals surface area contributed by atoms with Crippen LogP contribution in [0.5, 0.6) is 0 Å². The molecule has 1 amide bonds. The van der Waals surface area contributed by atoms with Gasteiger partial charge in [-0.2, -0.15) is 0 Å². The van der Waals surface area contributed by atoms with Crippen LogP contribution in [0.4, 0.5) is 5.69 Å². The molecule has 1 aliphatic rings. The Balaban J connectivity index is 2.40. The molecular formula is C15H22N2O2. The summed E-state index contributed by atoms with van der Waals surface area (Å²) in [6.07, 6.45) is 0.884. The molecule has 4 nitrogen and oxygen atoms in total. The maximum atomic E-state index is 12.5. The first-order chi connectivity index (χ1) is 9.04. The molecule has 1 fully saturated rings. The second kappa shape index (κ2) is 5.72. The fourth-order valence-corrected chi connectivity index (χ4v) is 2.64. The summed E-state index contributed by atoms with van der Waals surface area (Å²) in [6.45, 7) is 6.71. The van der Waals surface area contributed by atoms with E-state index >= 15 is 0 Å². The summed E-state index contributed by atoms with van der Waals surface area (Å²) in [5.74, 6) is -0.0422. The highest BCUT2D eigenvalue weighted by atomic mass is 16.3. The van der Waals surface area contributed by atoms with Gasteiger partial charge >= 0.3 is 0 Å². The molecule has 2 atom stereocenters. The fourth-order valence-electron chi connectivity index (χ4n) is 2.64. The third-order valence-electron chi connectivity index (χ3n) is 3.72. The van der Waals surface area contributed by atoms with E-state index in [1.54, 1.807) is 0 Å². The average Bonchev–Trinajstić information content (AvgIpc) is 2.50. The van der Waals surface area contributed by atoms with Gasteiger partial charge in [0.1, 0.15) is 6.04 Å². The summed E-state index contributed by atoms with van der Waals surface area (Å²) in [5.41, 5.74) is 3.23. The molecule has 2 rings (SSSR count). The molecule has 4 heteroatoms. The summed E-state index contributed by atoms with van der Waals surface area (Å²) in [7, 11) is 0. The molecule has 0 saturated carbocycles. The van der Waals surface area contributed by atoms with Gasteiger partial charge in [0.2, 0.25) is 5.91 Å². The van der Waals surface area contributed by atoms with Gasteiger partial charge < -0.3 is 15.3 Å². The van der Waals surface area contributed by atoms with Crippen LogP contribution in [0.3, 0.4) is 0 Å². The second-order valence-corrected chi connectivity index (χ2v) is 5.33. The van der Waals surface area contributed by atoms with Gasteiger partial charge in [0, 0.05) is 11.7 Å². The highest BCUT2D eigenvalue weighted by molar-refractivity contribution is 5.98. The van der Waals surface area contributed by atoms with Crippen molar-refractivity contribution >= 4 is 11.6 Å². The smallest absolute Gasteiger partial charge is 0.246 e. The molecule has 2 unspecified atom stereocenters. The molecule has 1 heterocycles. The minimum absolute atomic E-state index is 0.0422. The van der Waals surface area contributed by atoms with E-state index in [0.29, 0.717) is 0 Å². The maximum Gasteiger partial charge on any atom is 0.246 e. The average molecular weight is 262 g/mol. The van der Waals surface area contributed by atoms with Crippen LogP contribution in [0.15, 0.2) is 18.2 Å². The molecule has 0 aliphatic carbocycles. The number of aryl methyl sites for hydroxylation is 2. The minimum Gasteiger partial charge on any atom is -0.394 e. The predicted molar refractivity (Wildman–Crippen MR) is 76.4 cm³/mol. The molecule has 1 aliphatic heterocycles. The Hall–Kier alpha value is -1.39. The van der Waals surface area contributed by atoms with E-state index in [1.807, 2.05) is 30.9 Å². The second-order valence-electron chi connectivity index (χ2n) is 5.33. The Morgan fingerprint density at radius 3 is 2.79 bits per heavy atom. The lowest BCUT2D eigenvalue weighted by Gasteiger charge is -2.30. The van der Waals surface area contributed by atoms with Crippen LogP contribution >= 0.6 is 0 Å². The van der Waals surface area contributed by atoms with Gasteiger partial charge in [0.15, 0.2) is 0 Å². The van der Waals surface area contributed by atoms with Gasteiger partial charge in [0.05, 0.1) is 6.61 Å². The van der Waals surface area contributed by atoms with E-state index in [2.05, 4.69) is 18.3 Å². The van der Waals surface area contributed by atoms with Crippen molar-refractivity contribution in [2.24, 2.45) is 0 Å². The fraction of sp³-hybridized carbons (Fsp3) is 0.533. The van der Waals surface area contributed by atoms with Crippen molar-refractivity contribution in [3.8, 4) is 0 Å². The topological polar surface area (TPSA) is 52.6 Å². The summed E-state index contributed by atoms with van der Waals surface area (Å²) >= 11 is 0. The van der Waals surface area contributed by atoms with Crippen molar-refractivity contribution in [3.63, 3.8) is 0 Å². The van der Waals surface area contributed by atoms with E-state index in [-0.39, 0.29) is 18.6 Å². The number of nitrogens with zero attached hydrogens (tertiary/aromatic N) is 1. The number of carbonyl (C=O) groups is 1. The third kappa shape index (κ3) is 2.80. The van der Waals surface area contributed by atoms with Crippen LogP contribution < -0.4 is 10.2 Å². The Labute approximate surface area is 114 Å². The highest BCUT2D eigenvalue weighted by Crippen LogP contribution is 2.26. The number of rotatable bonds is 2. The summed E-state index contributed by atoms with van der Waals surface area (Å²) in [6, 6.07) is 5.75. The van der Waals surface area contributed by atoms with Crippen LogP contribution in [0.2, 0.25) is 0 Å². The molecular weight excluding hydrogens is 240 g/mol. The van der Waals surface area contributed by atoms with E-state index in [9.17, 15) is 9.90 Å². The molecule has 0 bridgehead atoms. The number of benzene rings is 1. The maximum absolute atomic E-state index is 12.5. The first-order valence-electron chi connectivity index (χ1n) is 6.79. The summed E-state index contributed by atoms with van der Waals surface area (Å²) in [5, 5.41) is 12.4. The van der Waals surface area contributed by atoms with Gasteiger partial charge in [-0.15, -0.1) is 0 Å². The van der Waals surface area contributed by atoms with Crippen LogP contribution in [-0.2, 0) is 4.79 Å². The molecule has 2 N–H and O–H groups in total. The largest absolute Gasteiger partial charge is 0.394 e. The number of amides is 1. The van der Waals surface area contributed by atoms with Crippen molar-refractivity contribution in [3.05, 3.63) is 29.3 Å². The highest BCUT2D eigenvalue weighted by Gasteiger charge is 2.31. The predicted octanol–water partition coefficient (Wildman–Crippen LogP) is 1.38. The van der Waals surface area contributed by atoms with Gasteiger partial charge in [-0.05, 0) is 45.4 Å². The van der Waals surface area contributed by atoms with E-state index < -0.39 is 6.04 Å². The molecule has 1 aromatic rings. The Kier molecular flexibility index (Phi) is 4.22. The Morgan fingerprint density at radius 2 is 2.16 bits per heavy atom. The van der Waals surface area contributed by atoms with Crippen LogP contribution in [0.25, 0.3) is 0 Å². The number of carbonyl (C=O) groups excluding carboxylic acids is 1.